The quantitative estimate of drug-likeness (QED) is 0.311. The van der Waals surface area contributed by atoms with Crippen molar-refractivity contribution in [3.63, 3.8) is 0 Å². The first-order valence-corrected chi connectivity index (χ1v) is 11.1. The van der Waals surface area contributed by atoms with E-state index < -0.39 is 21.7 Å². The van der Waals surface area contributed by atoms with E-state index >= 15 is 0 Å². The van der Waals surface area contributed by atoms with Gasteiger partial charge in [-0.1, -0.05) is 17.8 Å². The number of carbonyl (C=O) groups is 1. The van der Waals surface area contributed by atoms with Crippen LogP contribution in [0.15, 0.2) is 40.9 Å². The number of thioether (sulfide) groups is 1. The summed E-state index contributed by atoms with van der Waals surface area (Å²) in [5.41, 5.74) is -0.512. The average Bonchev–Trinajstić information content (AvgIpc) is 3.27. The maximum Gasteiger partial charge on any atom is 0.306 e. The molecule has 0 radical (unpaired) electrons. The Morgan fingerprint density at radius 2 is 2.23 bits per heavy atom. The number of nitro groups is 1. The Morgan fingerprint density at radius 3 is 2.90 bits per heavy atom. The molecular formula is C19H18FN5O3S2. The topological polar surface area (TPSA) is 103 Å². The lowest BCUT2D eigenvalue weighted by Crippen LogP contribution is -2.23. The highest BCUT2D eigenvalue weighted by Crippen LogP contribution is 2.40. The summed E-state index contributed by atoms with van der Waals surface area (Å²) in [7, 11) is 0. The molecule has 1 N–H and O–H groups in total. The third-order valence-electron chi connectivity index (χ3n) is 4.62. The van der Waals surface area contributed by atoms with Crippen LogP contribution in [-0.2, 0) is 11.2 Å². The van der Waals surface area contributed by atoms with E-state index in [1.165, 1.54) is 22.7 Å². The minimum atomic E-state index is -0.948. The van der Waals surface area contributed by atoms with Gasteiger partial charge in [0, 0.05) is 29.1 Å². The van der Waals surface area contributed by atoms with Crippen LogP contribution in [0.1, 0.15) is 36.5 Å². The summed E-state index contributed by atoms with van der Waals surface area (Å²) in [5, 5.41) is 24.3. The van der Waals surface area contributed by atoms with Crippen molar-refractivity contribution < 1.29 is 14.1 Å². The predicted molar refractivity (Wildman–Crippen MR) is 112 cm³/mol. The molecule has 1 aromatic carbocycles. The van der Waals surface area contributed by atoms with Gasteiger partial charge in [-0.15, -0.1) is 21.5 Å². The molecule has 8 nitrogen and oxygen atoms in total. The highest BCUT2D eigenvalue weighted by Gasteiger charge is 2.31. The summed E-state index contributed by atoms with van der Waals surface area (Å²) < 4.78 is 15.6. The minimum absolute atomic E-state index is 0.169. The number of halogens is 1. The van der Waals surface area contributed by atoms with Crippen LogP contribution in [0, 0.1) is 15.9 Å². The van der Waals surface area contributed by atoms with Gasteiger partial charge in [0.15, 0.2) is 5.16 Å². The number of hydrogen-bond acceptors (Lipinski definition) is 7. The number of rotatable bonds is 8. The standard InChI is InChI=1S/C19H18FN5O3S2/c1-11(18(26)21-12-4-7-15(20)16(9-12)25(27)28)30-19-23-22-17(24(19)13-5-6-13)10-14-3-2-8-29-14/h2-4,7-9,11,13H,5-6,10H2,1H3,(H,21,26). The summed E-state index contributed by atoms with van der Waals surface area (Å²) in [6, 6.07) is 7.68. The Morgan fingerprint density at radius 1 is 1.43 bits per heavy atom. The maximum atomic E-state index is 13.5. The molecule has 0 aliphatic heterocycles. The zero-order chi connectivity index (χ0) is 21.3. The van der Waals surface area contributed by atoms with Crippen molar-refractivity contribution in [2.45, 2.75) is 42.6 Å². The third-order valence-corrected chi connectivity index (χ3v) is 6.55. The van der Waals surface area contributed by atoms with Gasteiger partial charge >= 0.3 is 5.69 Å². The van der Waals surface area contributed by atoms with Gasteiger partial charge in [-0.05, 0) is 43.3 Å². The van der Waals surface area contributed by atoms with Crippen molar-refractivity contribution in [3.05, 3.63) is 62.3 Å². The second-order valence-electron chi connectivity index (χ2n) is 6.93. The Balaban J connectivity index is 1.46. The summed E-state index contributed by atoms with van der Waals surface area (Å²) in [6.07, 6.45) is 2.81. The number of amides is 1. The first-order valence-electron chi connectivity index (χ1n) is 9.30. The molecule has 2 heterocycles. The molecule has 3 aromatic rings. The Bertz CT molecular complexity index is 1080. The lowest BCUT2D eigenvalue weighted by atomic mass is 10.2. The van der Waals surface area contributed by atoms with E-state index in [0.717, 1.165) is 30.8 Å². The van der Waals surface area contributed by atoms with Crippen LogP contribution < -0.4 is 5.32 Å². The molecule has 30 heavy (non-hydrogen) atoms. The van der Waals surface area contributed by atoms with Crippen molar-refractivity contribution in [2.24, 2.45) is 0 Å². The Kier molecular flexibility index (Phi) is 5.82. The summed E-state index contributed by atoms with van der Waals surface area (Å²) >= 11 is 2.95. The molecule has 11 heteroatoms. The van der Waals surface area contributed by atoms with E-state index in [-0.39, 0.29) is 11.6 Å². The fourth-order valence-corrected chi connectivity index (χ4v) is 4.60. The molecule has 1 aliphatic carbocycles. The molecule has 1 atom stereocenters. The van der Waals surface area contributed by atoms with Crippen LogP contribution in [0.5, 0.6) is 0 Å². The number of aromatic nitrogens is 3. The van der Waals surface area contributed by atoms with Gasteiger partial charge in [0.2, 0.25) is 11.7 Å². The van der Waals surface area contributed by atoms with E-state index in [0.29, 0.717) is 17.6 Å². The summed E-state index contributed by atoms with van der Waals surface area (Å²) in [5.74, 6) is -0.425. The van der Waals surface area contributed by atoms with E-state index in [1.54, 1.807) is 18.3 Å². The number of thiophene rings is 1. The number of hydrogen-bond donors (Lipinski definition) is 1. The molecule has 1 fully saturated rings. The Labute approximate surface area is 179 Å². The molecule has 1 aliphatic rings. The van der Waals surface area contributed by atoms with Gasteiger partial charge < -0.3 is 9.88 Å². The number of nitrogens with one attached hydrogen (secondary N) is 1. The van der Waals surface area contributed by atoms with Gasteiger partial charge in [-0.2, -0.15) is 4.39 Å². The summed E-state index contributed by atoms with van der Waals surface area (Å²) in [6.45, 7) is 1.72. The first kappa shape index (κ1) is 20.5. The molecule has 4 rings (SSSR count). The number of carbonyl (C=O) groups excluding carboxylic acids is 1. The highest BCUT2D eigenvalue weighted by atomic mass is 32.2. The molecule has 156 valence electrons. The molecule has 1 saturated carbocycles. The largest absolute Gasteiger partial charge is 0.325 e. The van der Waals surface area contributed by atoms with Gasteiger partial charge in [0.1, 0.15) is 5.82 Å². The normalized spacial score (nSPS) is 14.5. The molecule has 0 spiro atoms. The van der Waals surface area contributed by atoms with Gasteiger partial charge in [0.25, 0.3) is 0 Å². The molecule has 1 unspecified atom stereocenters. The van der Waals surface area contributed by atoms with Crippen molar-refractivity contribution in [1.82, 2.24) is 14.8 Å². The lowest BCUT2D eigenvalue weighted by Gasteiger charge is -2.13. The number of anilines is 1. The predicted octanol–water partition coefficient (Wildman–Crippen LogP) is 4.43. The highest BCUT2D eigenvalue weighted by molar-refractivity contribution is 8.00. The van der Waals surface area contributed by atoms with Crippen molar-refractivity contribution in [3.8, 4) is 0 Å². The van der Waals surface area contributed by atoms with Crippen LogP contribution in [0.25, 0.3) is 0 Å². The molecule has 1 amide bonds. The van der Waals surface area contributed by atoms with Crippen LogP contribution in [0.2, 0.25) is 0 Å². The molecule has 2 aromatic heterocycles. The van der Waals surface area contributed by atoms with Gasteiger partial charge in [-0.25, -0.2) is 0 Å². The minimum Gasteiger partial charge on any atom is -0.325 e. The first-order chi connectivity index (χ1) is 14.4. The van der Waals surface area contributed by atoms with E-state index in [9.17, 15) is 19.3 Å². The van der Waals surface area contributed by atoms with E-state index in [4.69, 9.17) is 0 Å². The maximum absolute atomic E-state index is 13.5. The second kappa shape index (κ2) is 8.52. The zero-order valence-corrected chi connectivity index (χ0v) is 17.6. The van der Waals surface area contributed by atoms with Gasteiger partial charge in [-0.3, -0.25) is 14.9 Å². The number of benzene rings is 1. The average molecular weight is 448 g/mol. The van der Waals surface area contributed by atoms with Gasteiger partial charge in [0.05, 0.1) is 10.2 Å². The molecule has 0 saturated heterocycles. The fourth-order valence-electron chi connectivity index (χ4n) is 2.96. The smallest absolute Gasteiger partial charge is 0.306 e. The van der Waals surface area contributed by atoms with Crippen molar-refractivity contribution in [2.75, 3.05) is 5.32 Å². The van der Waals surface area contributed by atoms with E-state index in [2.05, 4.69) is 26.1 Å². The monoisotopic (exact) mass is 447 g/mol. The summed E-state index contributed by atoms with van der Waals surface area (Å²) in [4.78, 5) is 23.9. The van der Waals surface area contributed by atoms with Crippen LogP contribution in [-0.4, -0.2) is 30.8 Å². The SMILES string of the molecule is CC(Sc1nnc(Cc2cccs2)n1C1CC1)C(=O)Nc1ccc(F)c([N+](=O)[O-])c1. The van der Waals surface area contributed by atoms with Crippen molar-refractivity contribution in [1.29, 1.82) is 0 Å². The van der Waals surface area contributed by atoms with Crippen LogP contribution >= 0.6 is 23.1 Å². The fraction of sp³-hybridized carbons (Fsp3) is 0.316. The molecule has 0 bridgehead atoms. The molecular weight excluding hydrogens is 429 g/mol. The Hall–Kier alpha value is -2.79. The zero-order valence-electron chi connectivity index (χ0n) is 15.9. The van der Waals surface area contributed by atoms with Crippen LogP contribution in [0.3, 0.4) is 0 Å². The lowest BCUT2D eigenvalue weighted by molar-refractivity contribution is -0.387. The van der Waals surface area contributed by atoms with E-state index in [1.807, 2.05) is 11.4 Å². The third kappa shape index (κ3) is 4.51. The number of nitrogens with zero attached hydrogens (tertiary/aromatic N) is 4. The number of nitro benzene ring substituents is 1. The van der Waals surface area contributed by atoms with Crippen molar-refractivity contribution >= 4 is 40.4 Å². The second-order valence-corrected chi connectivity index (χ2v) is 9.27. The van der Waals surface area contributed by atoms with Crippen LogP contribution in [0.4, 0.5) is 15.8 Å².